The van der Waals surface area contributed by atoms with E-state index in [2.05, 4.69) is 4.98 Å². The average Bonchev–Trinajstić information content (AvgIpc) is 2.39. The van der Waals surface area contributed by atoms with E-state index in [1.165, 1.54) is 12.3 Å². The molecule has 0 saturated carbocycles. The lowest BCUT2D eigenvalue weighted by Crippen LogP contribution is -2.00. The summed E-state index contributed by atoms with van der Waals surface area (Å²) in [5.41, 5.74) is 0.704. The number of nitrogens with one attached hydrogen (secondary N) is 1. The second-order valence-corrected chi connectivity index (χ2v) is 2.72. The molecule has 0 aliphatic rings. The molecule has 0 spiro atoms. The van der Waals surface area contributed by atoms with Gasteiger partial charge in [-0.3, -0.25) is 4.79 Å². The Hall–Kier alpha value is -2.02. The average molecular weight is 174 g/mol. The standard InChI is InChI=1S/C9H6N2O2/c1-5-6(3-10)7-4-11-9(12)2-8(7)13-5/h2,4H,1H3,(H,11,12). The van der Waals surface area contributed by atoms with Gasteiger partial charge in [-0.1, -0.05) is 0 Å². The Bertz CT molecular complexity index is 557. The fraction of sp³-hybridized carbons (Fsp3) is 0.111. The van der Waals surface area contributed by atoms with Crippen molar-refractivity contribution in [2.75, 3.05) is 0 Å². The summed E-state index contributed by atoms with van der Waals surface area (Å²) >= 11 is 0. The summed E-state index contributed by atoms with van der Waals surface area (Å²) in [7, 11) is 0. The third-order valence-electron chi connectivity index (χ3n) is 1.88. The summed E-state index contributed by atoms with van der Waals surface area (Å²) in [6, 6.07) is 3.36. The van der Waals surface area contributed by atoms with Gasteiger partial charge in [-0.2, -0.15) is 5.26 Å². The maximum Gasteiger partial charge on any atom is 0.251 e. The van der Waals surface area contributed by atoms with Crippen LogP contribution < -0.4 is 5.56 Å². The van der Waals surface area contributed by atoms with E-state index < -0.39 is 0 Å². The lowest BCUT2D eigenvalue weighted by Gasteiger charge is -1.84. The first kappa shape index (κ1) is 7.62. The molecule has 0 unspecified atom stereocenters. The number of H-pyrrole nitrogens is 1. The minimum Gasteiger partial charge on any atom is -0.460 e. The van der Waals surface area contributed by atoms with Gasteiger partial charge in [0.15, 0.2) is 0 Å². The van der Waals surface area contributed by atoms with Crippen molar-refractivity contribution < 1.29 is 4.42 Å². The number of fused-ring (bicyclic) bond motifs is 1. The molecule has 0 atom stereocenters. The second kappa shape index (κ2) is 2.49. The molecule has 2 aromatic rings. The summed E-state index contributed by atoms with van der Waals surface area (Å²) in [4.78, 5) is 13.4. The summed E-state index contributed by atoms with van der Waals surface area (Å²) in [5, 5.41) is 9.43. The van der Waals surface area contributed by atoms with Crippen LogP contribution in [0.25, 0.3) is 11.0 Å². The van der Waals surface area contributed by atoms with Crippen LogP contribution in [0.2, 0.25) is 0 Å². The number of pyridine rings is 1. The minimum absolute atomic E-state index is 0.231. The van der Waals surface area contributed by atoms with Gasteiger partial charge in [0.05, 0.1) is 5.39 Å². The molecule has 0 aliphatic carbocycles. The van der Waals surface area contributed by atoms with Crippen LogP contribution >= 0.6 is 0 Å². The van der Waals surface area contributed by atoms with Crippen molar-refractivity contribution in [3.63, 3.8) is 0 Å². The number of furan rings is 1. The van der Waals surface area contributed by atoms with Crippen molar-refractivity contribution in [3.8, 4) is 6.07 Å². The Morgan fingerprint density at radius 3 is 3.08 bits per heavy atom. The number of aromatic amines is 1. The Kier molecular flexibility index (Phi) is 1.46. The quantitative estimate of drug-likeness (QED) is 0.654. The predicted molar refractivity (Wildman–Crippen MR) is 46.3 cm³/mol. The van der Waals surface area contributed by atoms with Gasteiger partial charge in [-0.15, -0.1) is 0 Å². The Labute approximate surface area is 73.4 Å². The largest absolute Gasteiger partial charge is 0.460 e. The molecule has 4 heteroatoms. The molecular weight excluding hydrogens is 168 g/mol. The van der Waals surface area contributed by atoms with Crippen molar-refractivity contribution >= 4 is 11.0 Å². The molecule has 2 heterocycles. The lowest BCUT2D eigenvalue weighted by atomic mass is 10.2. The van der Waals surface area contributed by atoms with Gasteiger partial charge in [-0.05, 0) is 6.92 Å². The number of hydrogen-bond donors (Lipinski definition) is 1. The molecule has 13 heavy (non-hydrogen) atoms. The molecule has 0 aromatic carbocycles. The normalized spacial score (nSPS) is 10.2. The molecule has 4 nitrogen and oxygen atoms in total. The predicted octanol–water partition coefficient (Wildman–Crippen LogP) is 1.30. The van der Waals surface area contributed by atoms with E-state index in [-0.39, 0.29) is 5.56 Å². The van der Waals surface area contributed by atoms with E-state index in [9.17, 15) is 4.79 Å². The third kappa shape index (κ3) is 1.02. The van der Waals surface area contributed by atoms with E-state index in [1.807, 2.05) is 6.07 Å². The van der Waals surface area contributed by atoms with Crippen LogP contribution in [-0.2, 0) is 0 Å². The first-order chi connectivity index (χ1) is 6.22. The zero-order valence-electron chi connectivity index (χ0n) is 6.92. The molecule has 0 amide bonds. The zero-order valence-corrected chi connectivity index (χ0v) is 6.92. The van der Waals surface area contributed by atoms with Crippen molar-refractivity contribution in [2.24, 2.45) is 0 Å². The highest BCUT2D eigenvalue weighted by molar-refractivity contribution is 5.83. The number of nitriles is 1. The van der Waals surface area contributed by atoms with E-state index in [1.54, 1.807) is 6.92 Å². The van der Waals surface area contributed by atoms with Gasteiger partial charge >= 0.3 is 0 Å². The third-order valence-corrected chi connectivity index (χ3v) is 1.88. The van der Waals surface area contributed by atoms with Crippen LogP contribution in [0.4, 0.5) is 0 Å². The van der Waals surface area contributed by atoms with Crippen molar-refractivity contribution in [3.05, 3.63) is 33.9 Å². The van der Waals surface area contributed by atoms with Gasteiger partial charge < -0.3 is 9.40 Å². The number of aryl methyl sites for hydroxylation is 1. The maximum atomic E-state index is 10.9. The minimum atomic E-state index is -0.231. The fourth-order valence-electron chi connectivity index (χ4n) is 1.28. The van der Waals surface area contributed by atoms with E-state index >= 15 is 0 Å². The summed E-state index contributed by atoms with van der Waals surface area (Å²) < 4.78 is 5.23. The van der Waals surface area contributed by atoms with Crippen LogP contribution in [0.3, 0.4) is 0 Å². The van der Waals surface area contributed by atoms with Gasteiger partial charge in [0.2, 0.25) is 0 Å². The van der Waals surface area contributed by atoms with Gasteiger partial charge in [0.25, 0.3) is 5.56 Å². The molecule has 2 rings (SSSR count). The fourth-order valence-corrected chi connectivity index (χ4v) is 1.28. The highest BCUT2D eigenvalue weighted by atomic mass is 16.3. The molecule has 1 N–H and O–H groups in total. The molecule has 0 aliphatic heterocycles. The van der Waals surface area contributed by atoms with Gasteiger partial charge in [0.1, 0.15) is 23.0 Å². The van der Waals surface area contributed by atoms with Gasteiger partial charge in [0, 0.05) is 12.3 Å². The molecular formula is C9H6N2O2. The van der Waals surface area contributed by atoms with Crippen LogP contribution in [0.5, 0.6) is 0 Å². The van der Waals surface area contributed by atoms with Crippen molar-refractivity contribution in [1.29, 1.82) is 5.26 Å². The summed E-state index contributed by atoms with van der Waals surface area (Å²) in [5.74, 6) is 0.538. The van der Waals surface area contributed by atoms with Gasteiger partial charge in [-0.25, -0.2) is 0 Å². The van der Waals surface area contributed by atoms with Crippen molar-refractivity contribution in [2.45, 2.75) is 6.92 Å². The van der Waals surface area contributed by atoms with Crippen LogP contribution in [-0.4, -0.2) is 4.98 Å². The zero-order chi connectivity index (χ0) is 9.42. The maximum absolute atomic E-state index is 10.9. The Morgan fingerprint density at radius 1 is 1.62 bits per heavy atom. The number of rotatable bonds is 0. The number of hydrogen-bond acceptors (Lipinski definition) is 3. The molecule has 64 valence electrons. The van der Waals surface area contributed by atoms with E-state index in [4.69, 9.17) is 9.68 Å². The SMILES string of the molecule is Cc1oc2cc(=O)[nH]cc2c1C#N. The first-order valence-corrected chi connectivity index (χ1v) is 3.74. The second-order valence-electron chi connectivity index (χ2n) is 2.72. The molecule has 0 bridgehead atoms. The smallest absolute Gasteiger partial charge is 0.251 e. The van der Waals surface area contributed by atoms with E-state index in [0.717, 1.165) is 0 Å². The Balaban J connectivity index is 2.97. The van der Waals surface area contributed by atoms with Crippen LogP contribution in [0.1, 0.15) is 11.3 Å². The number of nitrogens with zero attached hydrogens (tertiary/aromatic N) is 1. The first-order valence-electron chi connectivity index (χ1n) is 3.74. The Morgan fingerprint density at radius 2 is 2.38 bits per heavy atom. The molecule has 2 aromatic heterocycles. The van der Waals surface area contributed by atoms with Crippen molar-refractivity contribution in [1.82, 2.24) is 4.98 Å². The summed E-state index contributed by atoms with van der Waals surface area (Å²) in [6.45, 7) is 1.70. The molecule has 0 fully saturated rings. The highest BCUT2D eigenvalue weighted by Crippen LogP contribution is 2.21. The van der Waals surface area contributed by atoms with Crippen LogP contribution in [0, 0.1) is 18.3 Å². The number of aromatic nitrogens is 1. The molecule has 0 saturated heterocycles. The molecule has 0 radical (unpaired) electrons. The topological polar surface area (TPSA) is 69.8 Å². The summed E-state index contributed by atoms with van der Waals surface area (Å²) in [6.07, 6.45) is 1.49. The van der Waals surface area contributed by atoms with Crippen LogP contribution in [0.15, 0.2) is 21.5 Å². The van der Waals surface area contributed by atoms with E-state index in [0.29, 0.717) is 22.3 Å². The monoisotopic (exact) mass is 174 g/mol. The highest BCUT2D eigenvalue weighted by Gasteiger charge is 2.09. The lowest BCUT2D eigenvalue weighted by molar-refractivity contribution is 0.576.